The Hall–Kier alpha value is -3.06. The van der Waals surface area contributed by atoms with Crippen LogP contribution in [0.1, 0.15) is 145 Å². The van der Waals surface area contributed by atoms with Gasteiger partial charge >= 0.3 is 35.8 Å². The molecule has 13 nitrogen and oxygen atoms in total. The first-order valence-corrected chi connectivity index (χ1v) is 23.4. The first-order valence-electron chi connectivity index (χ1n) is 23.4. The van der Waals surface area contributed by atoms with Gasteiger partial charge in [-0.2, -0.15) is 0 Å². The molecular formula is C48H66O13. The number of aliphatic hydroxyl groups is 2. The lowest BCUT2D eigenvalue weighted by Gasteiger charge is -2.63. The predicted octanol–water partition coefficient (Wildman–Crippen LogP) is 5.77. The fourth-order valence-corrected chi connectivity index (χ4v) is 17.3. The van der Waals surface area contributed by atoms with Crippen molar-refractivity contribution in [1.29, 1.82) is 0 Å². The van der Waals surface area contributed by atoms with Crippen molar-refractivity contribution in [2.45, 2.75) is 173 Å². The molecule has 13 heteroatoms. The van der Waals surface area contributed by atoms with Gasteiger partial charge in [0, 0.05) is 25.2 Å². The molecule has 336 valence electrons. The number of fused-ring (bicyclic) bond motifs is 5. The molecule has 2 N–H and O–H groups in total. The molecule has 0 aromatic rings. The third kappa shape index (κ3) is 6.47. The second-order valence-corrected chi connectivity index (χ2v) is 24.6. The molecule has 16 unspecified atom stereocenters. The molecule has 2 saturated heterocycles. The Morgan fingerprint density at radius 3 is 1.97 bits per heavy atom. The molecule has 2 aliphatic heterocycles. The second-order valence-electron chi connectivity index (χ2n) is 24.6. The summed E-state index contributed by atoms with van der Waals surface area (Å²) in [6.07, 6.45) is 6.82. The molecule has 61 heavy (non-hydrogen) atoms. The molecule has 12 fully saturated rings. The van der Waals surface area contributed by atoms with Gasteiger partial charge in [0.25, 0.3) is 0 Å². The van der Waals surface area contributed by atoms with Crippen molar-refractivity contribution in [2.75, 3.05) is 6.61 Å². The maximum atomic E-state index is 15.7. The third-order valence-corrected chi connectivity index (χ3v) is 18.4. The van der Waals surface area contributed by atoms with E-state index in [9.17, 15) is 29.4 Å². The van der Waals surface area contributed by atoms with Gasteiger partial charge < -0.3 is 33.9 Å². The zero-order valence-corrected chi connectivity index (χ0v) is 37.0. The summed E-state index contributed by atoms with van der Waals surface area (Å²) in [5.41, 5.74) is -9.27. The van der Waals surface area contributed by atoms with Crippen LogP contribution < -0.4 is 0 Å². The van der Waals surface area contributed by atoms with E-state index in [1.807, 2.05) is 20.8 Å². The van der Waals surface area contributed by atoms with Crippen LogP contribution in [0.25, 0.3) is 0 Å². The lowest BCUT2D eigenvalue weighted by molar-refractivity contribution is -0.255. The smallest absolute Gasteiger partial charge is 0.318 e. The van der Waals surface area contributed by atoms with Crippen molar-refractivity contribution < 1.29 is 62.7 Å². The zero-order chi connectivity index (χ0) is 43.7. The van der Waals surface area contributed by atoms with Gasteiger partial charge in [0.15, 0.2) is 0 Å². The Morgan fingerprint density at radius 2 is 1.34 bits per heavy atom. The molecule has 12 rings (SSSR count). The zero-order valence-electron chi connectivity index (χ0n) is 37.0. The Balaban J connectivity index is 1.02. The molecule has 0 aromatic heterocycles. The second kappa shape index (κ2) is 13.0. The SMILES string of the molecule is CC1C(=O)OC(=O)C1C(C)(CC(C)(CC1C(C)C2CC1C1COC(=O)C21)C(=O)OC12CC3CC(O)(C1)CC(C(=O)OC(C)(C)C)(C3)C2)C(=O)OC12CC3CC(CC(O)(C3)C1)C2. The molecular weight excluding hydrogens is 785 g/mol. The Kier molecular flexibility index (Phi) is 8.95. The Labute approximate surface area is 358 Å². The molecule has 0 radical (unpaired) electrons. The lowest BCUT2D eigenvalue weighted by Crippen LogP contribution is -2.67. The topological polar surface area (TPSA) is 189 Å². The highest BCUT2D eigenvalue weighted by atomic mass is 16.6. The molecule has 0 amide bonds. The van der Waals surface area contributed by atoms with Crippen molar-refractivity contribution in [1.82, 2.24) is 0 Å². The van der Waals surface area contributed by atoms with Gasteiger partial charge in [0.2, 0.25) is 0 Å². The number of ether oxygens (including phenoxy) is 5. The number of carbonyl (C=O) groups is 6. The average Bonchev–Trinajstić information content (AvgIpc) is 3.82. The van der Waals surface area contributed by atoms with E-state index in [-0.39, 0.29) is 91.3 Å². The Bertz CT molecular complexity index is 1960. The maximum absolute atomic E-state index is 15.7. The van der Waals surface area contributed by atoms with Crippen molar-refractivity contribution in [3.05, 3.63) is 0 Å². The summed E-state index contributed by atoms with van der Waals surface area (Å²) in [7, 11) is 0. The first kappa shape index (κ1) is 41.9. The van der Waals surface area contributed by atoms with Crippen LogP contribution in [0.4, 0.5) is 0 Å². The van der Waals surface area contributed by atoms with Crippen molar-refractivity contribution in [3.8, 4) is 0 Å². The lowest BCUT2D eigenvalue weighted by atomic mass is 9.46. The summed E-state index contributed by atoms with van der Waals surface area (Å²) in [5.74, 6) is -5.33. The molecule has 10 saturated carbocycles. The summed E-state index contributed by atoms with van der Waals surface area (Å²) in [4.78, 5) is 85.0. The standard InChI is InChI=1S/C48H66O13/c1-24-29-9-30(32-18-57-36(50)33(29)32)31(24)17-42(6,38(52)60-48-16-28-10-44(21-48,20-46(56,13-28)23-48)40(54)59-41(3,4)5)19-43(7,34-25(2)35(49)58-37(34)51)39(53)61-47-14-26-8-27(15-47)12-45(55,11-26)22-47/h24-34,55-56H,8-23H2,1-7H3. The minimum Gasteiger partial charge on any atom is -0.465 e. The number of esters is 6. The third-order valence-electron chi connectivity index (χ3n) is 18.4. The van der Waals surface area contributed by atoms with Crippen LogP contribution in [0, 0.1) is 81.3 Å². The highest BCUT2D eigenvalue weighted by molar-refractivity contribution is 6.00. The van der Waals surface area contributed by atoms with E-state index in [4.69, 9.17) is 23.7 Å². The highest BCUT2D eigenvalue weighted by Gasteiger charge is 2.70. The normalized spacial score (nSPS) is 49.3. The van der Waals surface area contributed by atoms with Crippen LogP contribution in [0.15, 0.2) is 0 Å². The van der Waals surface area contributed by atoms with Crippen LogP contribution in [0.2, 0.25) is 0 Å². The first-order chi connectivity index (χ1) is 28.3. The number of hydrogen-bond donors (Lipinski definition) is 2. The van der Waals surface area contributed by atoms with E-state index >= 15 is 9.59 Å². The van der Waals surface area contributed by atoms with Crippen LogP contribution in [-0.4, -0.2) is 80.6 Å². The number of cyclic esters (lactones) is 3. The van der Waals surface area contributed by atoms with Crippen molar-refractivity contribution in [2.24, 2.45) is 81.3 Å². The quantitative estimate of drug-likeness (QED) is 0.153. The summed E-state index contributed by atoms with van der Waals surface area (Å²) in [6, 6.07) is 0. The molecule has 12 aliphatic rings. The van der Waals surface area contributed by atoms with Crippen LogP contribution in [-0.2, 0) is 52.5 Å². The summed E-state index contributed by atoms with van der Waals surface area (Å²) in [5, 5.41) is 23.7. The van der Waals surface area contributed by atoms with Crippen molar-refractivity contribution >= 4 is 35.8 Å². The fourth-order valence-electron chi connectivity index (χ4n) is 17.3. The Morgan fingerprint density at radius 1 is 0.705 bits per heavy atom. The average molecular weight is 851 g/mol. The van der Waals surface area contributed by atoms with Crippen LogP contribution >= 0.6 is 0 Å². The van der Waals surface area contributed by atoms with Gasteiger partial charge in [0.05, 0.1) is 51.8 Å². The number of carbonyl (C=O) groups excluding carboxylic acids is 6. The summed E-state index contributed by atoms with van der Waals surface area (Å²) >= 11 is 0. The van der Waals surface area contributed by atoms with Gasteiger partial charge in [-0.25, -0.2) is 0 Å². The van der Waals surface area contributed by atoms with Crippen LogP contribution in [0.5, 0.6) is 0 Å². The van der Waals surface area contributed by atoms with E-state index in [0.717, 1.165) is 12.8 Å². The van der Waals surface area contributed by atoms with E-state index in [2.05, 4.69) is 6.92 Å². The summed E-state index contributed by atoms with van der Waals surface area (Å²) < 4.78 is 30.3. The monoisotopic (exact) mass is 850 g/mol. The van der Waals surface area contributed by atoms with Gasteiger partial charge in [0.1, 0.15) is 16.8 Å². The minimum atomic E-state index is -1.74. The number of rotatable bonds is 10. The van der Waals surface area contributed by atoms with Gasteiger partial charge in [-0.1, -0.05) is 13.8 Å². The molecule has 0 aromatic carbocycles. The molecule has 0 spiro atoms. The molecule has 10 aliphatic carbocycles. The van der Waals surface area contributed by atoms with E-state index < -0.39 is 85.9 Å². The van der Waals surface area contributed by atoms with Gasteiger partial charge in [-0.05, 0) is 153 Å². The van der Waals surface area contributed by atoms with E-state index in [0.29, 0.717) is 58.0 Å². The van der Waals surface area contributed by atoms with Crippen LogP contribution in [0.3, 0.4) is 0 Å². The number of hydrogen-bond acceptors (Lipinski definition) is 13. The largest absolute Gasteiger partial charge is 0.465 e. The maximum Gasteiger partial charge on any atom is 0.318 e. The van der Waals surface area contributed by atoms with E-state index in [1.54, 1.807) is 20.8 Å². The molecule has 10 bridgehead atoms. The van der Waals surface area contributed by atoms with Crippen molar-refractivity contribution in [3.63, 3.8) is 0 Å². The van der Waals surface area contributed by atoms with Gasteiger partial charge in [-0.3, -0.25) is 28.8 Å². The predicted molar refractivity (Wildman–Crippen MR) is 213 cm³/mol. The minimum absolute atomic E-state index is 0.0192. The molecule has 16 atom stereocenters. The summed E-state index contributed by atoms with van der Waals surface area (Å²) in [6.45, 7) is 12.9. The van der Waals surface area contributed by atoms with E-state index in [1.165, 1.54) is 0 Å². The highest BCUT2D eigenvalue weighted by Crippen LogP contribution is 2.67. The fraction of sp³-hybridized carbons (Fsp3) is 0.875. The molecule has 2 heterocycles. The van der Waals surface area contributed by atoms with Gasteiger partial charge in [-0.15, -0.1) is 0 Å².